The first-order valence-corrected chi connectivity index (χ1v) is 10.7. The molecule has 0 aromatic heterocycles. The number of rotatable bonds is 5. The number of nitrogens with zero attached hydrogens (tertiary/aromatic N) is 2. The lowest BCUT2D eigenvalue weighted by molar-refractivity contribution is 0.0971. The number of carbonyl (C=O) groups excluding carboxylic acids is 1. The molecule has 2 aliphatic heterocycles. The van der Waals surface area contributed by atoms with Gasteiger partial charge in [0.2, 0.25) is 0 Å². The third kappa shape index (κ3) is 3.73. The van der Waals surface area contributed by atoms with Crippen LogP contribution in [0.2, 0.25) is 0 Å². The van der Waals surface area contributed by atoms with Gasteiger partial charge in [0.05, 0.1) is 5.56 Å². The van der Waals surface area contributed by atoms with Crippen LogP contribution >= 0.6 is 0 Å². The summed E-state index contributed by atoms with van der Waals surface area (Å²) in [4.78, 5) is 17.1. The standard InChI is InChI=1S/C24H27F3N2O/c1-2-3-4-12-28-13-10-24(11-14-28)16-29(21-9-8-17(25)15-19(21)24)23(30)18-6-5-7-20(26)22(18)27/h5-9,15H,2-4,10-14,16H2,1H3. The van der Waals surface area contributed by atoms with E-state index < -0.39 is 17.5 Å². The Labute approximate surface area is 175 Å². The number of fused-ring (bicyclic) bond motifs is 2. The molecule has 1 saturated heterocycles. The molecule has 30 heavy (non-hydrogen) atoms. The number of unbranched alkanes of at least 4 members (excludes halogenated alkanes) is 2. The van der Waals surface area contributed by atoms with E-state index in [4.69, 9.17) is 0 Å². The Morgan fingerprint density at radius 2 is 1.83 bits per heavy atom. The molecule has 0 unspecified atom stereocenters. The molecule has 2 aromatic carbocycles. The fourth-order valence-electron chi connectivity index (χ4n) is 4.85. The first-order valence-electron chi connectivity index (χ1n) is 10.7. The Kier molecular flexibility index (Phi) is 5.87. The molecular formula is C24H27F3N2O. The highest BCUT2D eigenvalue weighted by molar-refractivity contribution is 6.08. The van der Waals surface area contributed by atoms with Gasteiger partial charge in [-0.2, -0.15) is 0 Å². The van der Waals surface area contributed by atoms with E-state index in [2.05, 4.69) is 11.8 Å². The fraction of sp³-hybridized carbons (Fsp3) is 0.458. The molecule has 0 saturated carbocycles. The highest BCUT2D eigenvalue weighted by Crippen LogP contribution is 2.47. The summed E-state index contributed by atoms with van der Waals surface area (Å²) in [6, 6.07) is 8.04. The summed E-state index contributed by atoms with van der Waals surface area (Å²) in [5.74, 6) is -3.11. The maximum atomic E-state index is 14.3. The van der Waals surface area contributed by atoms with Gasteiger partial charge in [-0.3, -0.25) is 4.79 Å². The maximum Gasteiger partial charge on any atom is 0.261 e. The van der Waals surface area contributed by atoms with Crippen LogP contribution in [0.1, 0.15) is 54.9 Å². The van der Waals surface area contributed by atoms with Gasteiger partial charge in [0, 0.05) is 17.6 Å². The molecule has 0 radical (unpaired) electrons. The van der Waals surface area contributed by atoms with Crippen LogP contribution in [0.3, 0.4) is 0 Å². The van der Waals surface area contributed by atoms with Crippen molar-refractivity contribution >= 4 is 11.6 Å². The molecule has 6 heteroatoms. The van der Waals surface area contributed by atoms with Gasteiger partial charge in [0.15, 0.2) is 11.6 Å². The second-order valence-electron chi connectivity index (χ2n) is 8.48. The molecule has 2 aliphatic rings. The van der Waals surface area contributed by atoms with Crippen molar-refractivity contribution in [3.05, 3.63) is 65.0 Å². The lowest BCUT2D eigenvalue weighted by atomic mass is 9.74. The van der Waals surface area contributed by atoms with Crippen molar-refractivity contribution < 1.29 is 18.0 Å². The number of carbonyl (C=O) groups is 1. The quantitative estimate of drug-likeness (QED) is 0.619. The monoisotopic (exact) mass is 416 g/mol. The summed E-state index contributed by atoms with van der Waals surface area (Å²) in [5, 5.41) is 0. The fourth-order valence-corrected chi connectivity index (χ4v) is 4.85. The summed E-state index contributed by atoms with van der Waals surface area (Å²) in [5.41, 5.74) is 0.766. The van der Waals surface area contributed by atoms with Crippen LogP contribution in [-0.4, -0.2) is 37.0 Å². The zero-order valence-electron chi connectivity index (χ0n) is 17.3. The SMILES string of the molecule is CCCCCN1CCC2(CC1)CN(C(=O)c1cccc(F)c1F)c1ccc(F)cc12. The second-order valence-corrected chi connectivity index (χ2v) is 8.48. The lowest BCUT2D eigenvalue weighted by Gasteiger charge is -2.40. The smallest absolute Gasteiger partial charge is 0.261 e. The molecule has 1 spiro atoms. The molecule has 1 fully saturated rings. The number of halogens is 3. The summed E-state index contributed by atoms with van der Waals surface area (Å²) in [6.45, 7) is 5.37. The van der Waals surface area contributed by atoms with Crippen molar-refractivity contribution in [2.45, 2.75) is 44.4 Å². The van der Waals surface area contributed by atoms with E-state index in [1.54, 1.807) is 6.07 Å². The molecule has 0 bridgehead atoms. The predicted octanol–water partition coefficient (Wildman–Crippen LogP) is 5.29. The van der Waals surface area contributed by atoms with Crippen molar-refractivity contribution in [2.75, 3.05) is 31.1 Å². The third-order valence-electron chi connectivity index (χ3n) is 6.60. The summed E-state index contributed by atoms with van der Waals surface area (Å²) in [6.07, 6.45) is 5.17. The van der Waals surface area contributed by atoms with Crippen LogP contribution in [0.25, 0.3) is 0 Å². The summed E-state index contributed by atoms with van der Waals surface area (Å²) >= 11 is 0. The van der Waals surface area contributed by atoms with Gasteiger partial charge >= 0.3 is 0 Å². The van der Waals surface area contributed by atoms with Crippen molar-refractivity contribution in [2.24, 2.45) is 0 Å². The minimum atomic E-state index is -1.14. The number of piperidine rings is 1. The van der Waals surface area contributed by atoms with Gasteiger partial charge in [-0.25, -0.2) is 13.2 Å². The van der Waals surface area contributed by atoms with Gasteiger partial charge in [-0.1, -0.05) is 25.8 Å². The first kappa shape index (κ1) is 20.9. The van der Waals surface area contributed by atoms with Crippen LogP contribution in [-0.2, 0) is 5.41 Å². The predicted molar refractivity (Wildman–Crippen MR) is 111 cm³/mol. The number of hydrogen-bond acceptors (Lipinski definition) is 2. The molecule has 1 amide bonds. The van der Waals surface area contributed by atoms with Crippen LogP contribution in [0.15, 0.2) is 36.4 Å². The van der Waals surface area contributed by atoms with Crippen LogP contribution in [0, 0.1) is 17.5 Å². The van der Waals surface area contributed by atoms with Crippen molar-refractivity contribution in [1.29, 1.82) is 0 Å². The van der Waals surface area contributed by atoms with Gasteiger partial charge in [0.25, 0.3) is 5.91 Å². The average molecular weight is 416 g/mol. The van der Waals surface area contributed by atoms with Gasteiger partial charge in [-0.15, -0.1) is 0 Å². The van der Waals surface area contributed by atoms with E-state index in [0.717, 1.165) is 50.5 Å². The largest absolute Gasteiger partial charge is 0.307 e. The Morgan fingerprint density at radius 1 is 1.07 bits per heavy atom. The van der Waals surface area contributed by atoms with Crippen molar-refractivity contribution in [3.8, 4) is 0 Å². The van der Waals surface area contributed by atoms with Gasteiger partial charge < -0.3 is 9.80 Å². The van der Waals surface area contributed by atoms with Crippen LogP contribution in [0.4, 0.5) is 18.9 Å². The minimum absolute atomic E-state index is 0.292. The number of anilines is 1. The van der Waals surface area contributed by atoms with E-state index in [1.165, 1.54) is 42.0 Å². The number of hydrogen-bond donors (Lipinski definition) is 0. The van der Waals surface area contributed by atoms with E-state index >= 15 is 0 Å². The summed E-state index contributed by atoms with van der Waals surface area (Å²) in [7, 11) is 0. The molecule has 0 N–H and O–H groups in total. The van der Waals surface area contributed by atoms with Crippen LogP contribution in [0.5, 0.6) is 0 Å². The molecule has 2 heterocycles. The molecule has 3 nitrogen and oxygen atoms in total. The Hall–Kier alpha value is -2.34. The Balaban J connectivity index is 1.61. The normalized spacial score (nSPS) is 18.1. The highest BCUT2D eigenvalue weighted by Gasteiger charge is 2.46. The molecule has 0 atom stereocenters. The van der Waals surface area contributed by atoms with Crippen LogP contribution < -0.4 is 4.90 Å². The Bertz CT molecular complexity index is 938. The summed E-state index contributed by atoms with van der Waals surface area (Å²) < 4.78 is 42.1. The molecular weight excluding hydrogens is 389 g/mol. The van der Waals surface area contributed by atoms with E-state index in [0.29, 0.717) is 12.2 Å². The molecule has 0 aliphatic carbocycles. The van der Waals surface area contributed by atoms with E-state index in [1.807, 2.05) is 0 Å². The third-order valence-corrected chi connectivity index (χ3v) is 6.60. The van der Waals surface area contributed by atoms with Crippen molar-refractivity contribution in [3.63, 3.8) is 0 Å². The minimum Gasteiger partial charge on any atom is -0.307 e. The second kappa shape index (κ2) is 8.42. The molecule has 4 rings (SSSR count). The first-order chi connectivity index (χ1) is 14.4. The number of benzene rings is 2. The Morgan fingerprint density at radius 3 is 2.57 bits per heavy atom. The van der Waals surface area contributed by atoms with Crippen molar-refractivity contribution in [1.82, 2.24) is 4.90 Å². The highest BCUT2D eigenvalue weighted by atomic mass is 19.2. The van der Waals surface area contributed by atoms with E-state index in [9.17, 15) is 18.0 Å². The van der Waals surface area contributed by atoms with Gasteiger partial charge in [0.1, 0.15) is 5.82 Å². The zero-order valence-corrected chi connectivity index (χ0v) is 17.3. The zero-order chi connectivity index (χ0) is 21.3. The number of likely N-dealkylation sites (tertiary alicyclic amines) is 1. The number of amides is 1. The average Bonchev–Trinajstić information content (AvgIpc) is 3.05. The van der Waals surface area contributed by atoms with E-state index in [-0.39, 0.29) is 16.8 Å². The maximum absolute atomic E-state index is 14.3. The molecule has 2 aromatic rings. The van der Waals surface area contributed by atoms with Gasteiger partial charge in [-0.05, 0) is 74.8 Å². The molecule has 160 valence electrons. The lowest BCUT2D eigenvalue weighted by Crippen LogP contribution is -2.46. The topological polar surface area (TPSA) is 23.6 Å².